The van der Waals surface area contributed by atoms with Gasteiger partial charge >= 0.3 is 5.97 Å². The number of carbonyl (C=O) groups is 2. The van der Waals surface area contributed by atoms with Gasteiger partial charge in [0, 0.05) is 4.88 Å². The van der Waals surface area contributed by atoms with E-state index in [1.807, 2.05) is 13.0 Å². The van der Waals surface area contributed by atoms with Crippen LogP contribution in [0.4, 0.5) is 0 Å². The van der Waals surface area contributed by atoms with E-state index >= 15 is 0 Å². The molecular weight excluding hydrogens is 242 g/mol. The van der Waals surface area contributed by atoms with Gasteiger partial charge < -0.3 is 15.5 Å². The molecule has 94 valence electrons. The Kier molecular flexibility index (Phi) is 4.65. The molecule has 1 amide bonds. The first-order valence-electron chi connectivity index (χ1n) is 5.26. The second-order valence-electron chi connectivity index (χ2n) is 3.65. The molecule has 0 radical (unpaired) electrons. The number of carboxylic acid groups (broad SMARTS) is 1. The van der Waals surface area contributed by atoms with E-state index in [-0.39, 0.29) is 0 Å². The molecule has 17 heavy (non-hydrogen) atoms. The zero-order chi connectivity index (χ0) is 13.0. The Bertz CT molecular complexity index is 413. The van der Waals surface area contributed by atoms with Crippen LogP contribution < -0.4 is 5.32 Å². The number of aliphatic hydroxyl groups is 1. The van der Waals surface area contributed by atoms with Crippen LogP contribution in [0.25, 0.3) is 0 Å². The van der Waals surface area contributed by atoms with E-state index < -0.39 is 24.0 Å². The van der Waals surface area contributed by atoms with Crippen LogP contribution in [0.1, 0.15) is 28.4 Å². The van der Waals surface area contributed by atoms with Gasteiger partial charge in [0.25, 0.3) is 5.91 Å². The normalized spacial score (nSPS) is 14.1. The van der Waals surface area contributed by atoms with E-state index in [4.69, 9.17) is 5.11 Å². The molecule has 1 rings (SSSR count). The maximum atomic E-state index is 11.7. The van der Waals surface area contributed by atoms with Crippen molar-refractivity contribution in [1.82, 2.24) is 5.32 Å². The van der Waals surface area contributed by atoms with Gasteiger partial charge in [-0.25, -0.2) is 4.79 Å². The van der Waals surface area contributed by atoms with Crippen LogP contribution in [0.3, 0.4) is 0 Å². The number of aliphatic carboxylic acids is 1. The molecule has 2 unspecified atom stereocenters. The smallest absolute Gasteiger partial charge is 0.328 e. The highest BCUT2D eigenvalue weighted by Gasteiger charge is 2.25. The fourth-order valence-electron chi connectivity index (χ4n) is 1.29. The minimum absolute atomic E-state index is 0.453. The van der Waals surface area contributed by atoms with Gasteiger partial charge in [-0.1, -0.05) is 6.92 Å². The maximum absolute atomic E-state index is 11.7. The molecule has 6 heteroatoms. The molecule has 1 aromatic rings. The largest absolute Gasteiger partial charge is 0.480 e. The fraction of sp³-hybridized carbons (Fsp3) is 0.455. The van der Waals surface area contributed by atoms with E-state index in [1.54, 1.807) is 6.07 Å². The van der Waals surface area contributed by atoms with Gasteiger partial charge in [0.2, 0.25) is 0 Å². The number of nitrogens with one attached hydrogen (secondary N) is 1. The van der Waals surface area contributed by atoms with Crippen molar-refractivity contribution in [2.45, 2.75) is 32.4 Å². The van der Waals surface area contributed by atoms with Crippen LogP contribution >= 0.6 is 11.3 Å². The molecule has 0 saturated carbocycles. The van der Waals surface area contributed by atoms with E-state index in [9.17, 15) is 14.7 Å². The number of carboxylic acids is 1. The highest BCUT2D eigenvalue weighted by atomic mass is 32.1. The topological polar surface area (TPSA) is 86.6 Å². The van der Waals surface area contributed by atoms with Crippen molar-refractivity contribution in [3.05, 3.63) is 21.9 Å². The van der Waals surface area contributed by atoms with Crippen molar-refractivity contribution in [3.8, 4) is 0 Å². The van der Waals surface area contributed by atoms with Crippen LogP contribution in [0.15, 0.2) is 12.1 Å². The van der Waals surface area contributed by atoms with Crippen LogP contribution in [-0.4, -0.2) is 34.2 Å². The Hall–Kier alpha value is -1.40. The number of rotatable bonds is 5. The number of hydrogen-bond donors (Lipinski definition) is 3. The summed E-state index contributed by atoms with van der Waals surface area (Å²) in [7, 11) is 0. The average molecular weight is 257 g/mol. The Labute approximate surface area is 103 Å². The third-order valence-corrected chi connectivity index (χ3v) is 3.50. The monoisotopic (exact) mass is 257 g/mol. The molecule has 2 atom stereocenters. The zero-order valence-electron chi connectivity index (χ0n) is 9.64. The van der Waals surface area contributed by atoms with Crippen LogP contribution in [0, 0.1) is 0 Å². The lowest BCUT2D eigenvalue weighted by atomic mass is 10.2. The zero-order valence-corrected chi connectivity index (χ0v) is 10.5. The summed E-state index contributed by atoms with van der Waals surface area (Å²) in [5.74, 6) is -1.72. The number of carbonyl (C=O) groups excluding carboxylic acids is 1. The number of aryl methyl sites for hydroxylation is 1. The average Bonchev–Trinajstić information content (AvgIpc) is 2.73. The minimum atomic E-state index is -1.28. The molecule has 3 N–H and O–H groups in total. The number of amides is 1. The van der Waals surface area contributed by atoms with Gasteiger partial charge in [-0.15, -0.1) is 11.3 Å². The van der Waals surface area contributed by atoms with Crippen LogP contribution in [-0.2, 0) is 11.2 Å². The van der Waals surface area contributed by atoms with E-state index in [1.165, 1.54) is 18.3 Å². The molecule has 0 aliphatic rings. The lowest BCUT2D eigenvalue weighted by Gasteiger charge is -2.16. The number of thiophene rings is 1. The summed E-state index contributed by atoms with van der Waals surface area (Å²) in [6, 6.07) is 2.20. The lowest BCUT2D eigenvalue weighted by Crippen LogP contribution is -2.47. The third-order valence-electron chi connectivity index (χ3n) is 2.27. The summed E-state index contributed by atoms with van der Waals surface area (Å²) in [4.78, 5) is 24.0. The van der Waals surface area contributed by atoms with Gasteiger partial charge in [-0.3, -0.25) is 4.79 Å². The summed E-state index contributed by atoms with van der Waals surface area (Å²) in [6.07, 6.45) is -0.307. The number of hydrogen-bond acceptors (Lipinski definition) is 4. The Morgan fingerprint density at radius 1 is 1.47 bits per heavy atom. The van der Waals surface area contributed by atoms with Crippen molar-refractivity contribution in [2.24, 2.45) is 0 Å². The molecule has 0 spiro atoms. The van der Waals surface area contributed by atoms with Crippen molar-refractivity contribution < 1.29 is 19.8 Å². The van der Waals surface area contributed by atoms with Gasteiger partial charge in [0.1, 0.15) is 0 Å². The summed E-state index contributed by atoms with van der Waals surface area (Å²) in [6.45, 7) is 3.30. The summed E-state index contributed by atoms with van der Waals surface area (Å²) in [5, 5.41) is 20.3. The first kappa shape index (κ1) is 13.7. The lowest BCUT2D eigenvalue weighted by molar-refractivity contribution is -0.141. The quantitative estimate of drug-likeness (QED) is 0.730. The standard InChI is InChI=1S/C11H15NO4S/c1-3-7-4-5-8(17-7)10(14)12-9(6(2)13)11(15)16/h4-6,9,13H,3H2,1-2H3,(H,12,14)(H,15,16). The summed E-state index contributed by atoms with van der Waals surface area (Å²) >= 11 is 1.32. The highest BCUT2D eigenvalue weighted by Crippen LogP contribution is 2.16. The molecule has 0 aromatic carbocycles. The van der Waals surface area contributed by atoms with E-state index in [0.29, 0.717) is 4.88 Å². The molecular formula is C11H15NO4S. The van der Waals surface area contributed by atoms with Gasteiger partial charge in [0.05, 0.1) is 11.0 Å². The Morgan fingerprint density at radius 3 is 2.53 bits per heavy atom. The molecule has 0 bridgehead atoms. The second-order valence-corrected chi connectivity index (χ2v) is 4.82. The Morgan fingerprint density at radius 2 is 2.12 bits per heavy atom. The fourth-order valence-corrected chi connectivity index (χ4v) is 2.14. The predicted octanol–water partition coefficient (Wildman–Crippen LogP) is 0.874. The minimum Gasteiger partial charge on any atom is -0.480 e. The summed E-state index contributed by atoms with van der Waals surface area (Å²) in [5.41, 5.74) is 0. The van der Waals surface area contributed by atoms with Crippen molar-refractivity contribution >= 4 is 23.2 Å². The molecule has 0 aliphatic carbocycles. The molecule has 1 aromatic heterocycles. The molecule has 5 nitrogen and oxygen atoms in total. The molecule has 1 heterocycles. The molecule has 0 saturated heterocycles. The number of aliphatic hydroxyl groups excluding tert-OH is 1. The van der Waals surface area contributed by atoms with E-state index in [2.05, 4.69) is 5.32 Å². The van der Waals surface area contributed by atoms with Gasteiger partial charge in [-0.05, 0) is 25.5 Å². The SMILES string of the molecule is CCc1ccc(C(=O)NC(C(=O)O)C(C)O)s1. The van der Waals surface area contributed by atoms with Crippen LogP contribution in [0.2, 0.25) is 0 Å². The first-order valence-corrected chi connectivity index (χ1v) is 6.07. The first-order chi connectivity index (χ1) is 7.95. The van der Waals surface area contributed by atoms with Crippen molar-refractivity contribution in [3.63, 3.8) is 0 Å². The van der Waals surface area contributed by atoms with E-state index in [0.717, 1.165) is 11.3 Å². The molecule has 0 fully saturated rings. The molecule has 0 aliphatic heterocycles. The van der Waals surface area contributed by atoms with Gasteiger partial charge in [-0.2, -0.15) is 0 Å². The predicted molar refractivity (Wildman–Crippen MR) is 64.3 cm³/mol. The van der Waals surface area contributed by atoms with Crippen LogP contribution in [0.5, 0.6) is 0 Å². The summed E-state index contributed by atoms with van der Waals surface area (Å²) < 4.78 is 0. The van der Waals surface area contributed by atoms with Crippen molar-refractivity contribution in [2.75, 3.05) is 0 Å². The third kappa shape index (κ3) is 3.54. The maximum Gasteiger partial charge on any atom is 0.328 e. The highest BCUT2D eigenvalue weighted by molar-refractivity contribution is 7.14. The second kappa shape index (κ2) is 5.79. The Balaban J connectivity index is 2.73. The van der Waals surface area contributed by atoms with Gasteiger partial charge in [0.15, 0.2) is 6.04 Å². The van der Waals surface area contributed by atoms with Crippen molar-refractivity contribution in [1.29, 1.82) is 0 Å².